The molecule has 2 aromatic rings. The zero-order valence-electron chi connectivity index (χ0n) is 12.0. The van der Waals surface area contributed by atoms with Crippen LogP contribution in [0.25, 0.3) is 0 Å². The molecule has 1 unspecified atom stereocenters. The maximum absolute atomic E-state index is 12.8. The van der Waals surface area contributed by atoms with Gasteiger partial charge in [-0.1, -0.05) is 46.4 Å². The third-order valence-corrected chi connectivity index (χ3v) is 4.05. The van der Waals surface area contributed by atoms with Crippen molar-refractivity contribution in [2.75, 3.05) is 11.9 Å². The van der Waals surface area contributed by atoms with Gasteiger partial charge in [-0.25, -0.2) is 18.7 Å². The van der Waals surface area contributed by atoms with Gasteiger partial charge in [0.2, 0.25) is 5.88 Å². The Hall–Kier alpha value is -1.15. The highest BCUT2D eigenvalue weighted by atomic mass is 35.5. The van der Waals surface area contributed by atoms with Crippen LogP contribution in [0.15, 0.2) is 12.4 Å². The van der Waals surface area contributed by atoms with Crippen molar-refractivity contribution in [2.24, 2.45) is 0 Å². The van der Waals surface area contributed by atoms with E-state index in [4.69, 9.17) is 51.1 Å². The first-order valence-corrected chi connectivity index (χ1v) is 8.00. The molecule has 0 amide bonds. The highest BCUT2D eigenvalue weighted by Gasteiger charge is 2.19. The molecular formula is C13H10Cl4F2N4O. The summed E-state index contributed by atoms with van der Waals surface area (Å²) in [4.78, 5) is 11.2. The molecule has 0 aliphatic rings. The summed E-state index contributed by atoms with van der Waals surface area (Å²) in [5.74, 6) is 0.174. The minimum Gasteiger partial charge on any atom is -0.474 e. The number of rotatable bonds is 6. The van der Waals surface area contributed by atoms with E-state index in [1.165, 1.54) is 6.07 Å². The number of alkyl halides is 2. The molecule has 0 saturated heterocycles. The molecule has 2 rings (SSSR count). The first-order chi connectivity index (χ1) is 11.3. The van der Waals surface area contributed by atoms with E-state index in [9.17, 15) is 8.78 Å². The molecule has 0 aromatic carbocycles. The van der Waals surface area contributed by atoms with Crippen LogP contribution in [0.1, 0.15) is 19.0 Å². The second-order valence-corrected chi connectivity index (χ2v) is 6.18. The maximum atomic E-state index is 12.8. The van der Waals surface area contributed by atoms with E-state index in [2.05, 4.69) is 20.3 Å². The van der Waals surface area contributed by atoms with Gasteiger partial charge in [-0.2, -0.15) is 4.98 Å². The van der Waals surface area contributed by atoms with Gasteiger partial charge in [0, 0.05) is 0 Å². The minimum absolute atomic E-state index is 0.0529. The van der Waals surface area contributed by atoms with Gasteiger partial charge in [-0.05, 0) is 13.0 Å². The summed E-state index contributed by atoms with van der Waals surface area (Å²) in [6, 6.07) is 1.05. The number of aromatic nitrogens is 3. The second-order valence-electron chi connectivity index (χ2n) is 4.63. The summed E-state index contributed by atoms with van der Waals surface area (Å²) in [6.07, 6.45) is -1.80. The zero-order chi connectivity index (χ0) is 17.9. The number of ether oxygens (including phenoxy) is 1. The van der Waals surface area contributed by atoms with Gasteiger partial charge in [0.05, 0.1) is 11.1 Å². The fourth-order valence-electron chi connectivity index (χ4n) is 1.64. The van der Waals surface area contributed by atoms with Gasteiger partial charge in [-0.15, -0.1) is 0 Å². The molecule has 5 nitrogen and oxygen atoms in total. The average Bonchev–Trinajstić information content (AvgIpc) is 2.51. The smallest absolute Gasteiger partial charge is 0.282 e. The predicted octanol–water partition coefficient (Wildman–Crippen LogP) is 5.30. The van der Waals surface area contributed by atoms with Crippen molar-refractivity contribution < 1.29 is 13.5 Å². The van der Waals surface area contributed by atoms with E-state index >= 15 is 0 Å². The molecule has 0 bridgehead atoms. The normalized spacial score (nSPS) is 12.3. The van der Waals surface area contributed by atoms with Gasteiger partial charge in [0.25, 0.3) is 6.43 Å². The molecule has 2 heterocycles. The van der Waals surface area contributed by atoms with Crippen LogP contribution in [0.2, 0.25) is 20.2 Å². The van der Waals surface area contributed by atoms with Crippen molar-refractivity contribution in [3.8, 4) is 5.88 Å². The van der Waals surface area contributed by atoms with E-state index in [-0.39, 0.29) is 44.6 Å². The topological polar surface area (TPSA) is 59.9 Å². The fraction of sp³-hybridized carbons (Fsp3) is 0.308. The number of pyridine rings is 1. The van der Waals surface area contributed by atoms with E-state index in [0.29, 0.717) is 0 Å². The quantitative estimate of drug-likeness (QED) is 0.646. The summed E-state index contributed by atoms with van der Waals surface area (Å²) in [7, 11) is 0. The molecule has 2 aromatic heterocycles. The van der Waals surface area contributed by atoms with Gasteiger partial charge in [0.1, 0.15) is 34.5 Å². The molecule has 24 heavy (non-hydrogen) atoms. The van der Waals surface area contributed by atoms with Crippen LogP contribution in [-0.2, 0) is 0 Å². The SMILES string of the molecule is CC(COc1nc(Cl)c(Cl)cc1Cl)Nc1ncnc(C(F)F)c1Cl. The molecule has 11 heteroatoms. The summed E-state index contributed by atoms with van der Waals surface area (Å²) in [5.41, 5.74) is -0.545. The third kappa shape index (κ3) is 4.69. The number of nitrogens with one attached hydrogen (secondary N) is 1. The van der Waals surface area contributed by atoms with Crippen LogP contribution in [-0.4, -0.2) is 27.6 Å². The van der Waals surface area contributed by atoms with Gasteiger partial charge in [-0.3, -0.25) is 0 Å². The molecular weight excluding hydrogens is 408 g/mol. The average molecular weight is 418 g/mol. The van der Waals surface area contributed by atoms with Crippen LogP contribution in [0.5, 0.6) is 5.88 Å². The highest BCUT2D eigenvalue weighted by Crippen LogP contribution is 2.31. The monoisotopic (exact) mass is 416 g/mol. The summed E-state index contributed by atoms with van der Waals surface area (Å²) in [6.45, 7) is 1.82. The Balaban J connectivity index is 2.03. The first-order valence-electron chi connectivity index (χ1n) is 6.49. The Labute approximate surface area is 156 Å². The summed E-state index contributed by atoms with van der Waals surface area (Å²) in [5, 5.41) is 3.05. The lowest BCUT2D eigenvalue weighted by Crippen LogP contribution is -2.25. The Bertz CT molecular complexity index is 735. The minimum atomic E-state index is -2.80. The largest absolute Gasteiger partial charge is 0.474 e. The standard InChI is InChI=1S/C13H10Cl4F2N4O/c1-5(3-24-13-7(15)2-6(14)10(17)23-13)22-12-8(16)9(11(18)19)20-4-21-12/h2,4-5,11H,3H2,1H3,(H,20,21,22). The van der Waals surface area contributed by atoms with Crippen LogP contribution in [0.4, 0.5) is 14.6 Å². The van der Waals surface area contributed by atoms with E-state index in [1.807, 2.05) is 0 Å². The molecule has 1 atom stereocenters. The van der Waals surface area contributed by atoms with E-state index in [0.717, 1.165) is 6.33 Å². The summed E-state index contributed by atoms with van der Waals surface area (Å²) >= 11 is 23.4. The highest BCUT2D eigenvalue weighted by molar-refractivity contribution is 6.42. The number of nitrogens with zero attached hydrogens (tertiary/aromatic N) is 3. The Morgan fingerprint density at radius 2 is 1.88 bits per heavy atom. The zero-order valence-corrected chi connectivity index (χ0v) is 15.1. The predicted molar refractivity (Wildman–Crippen MR) is 89.8 cm³/mol. The van der Waals surface area contributed by atoms with Crippen LogP contribution < -0.4 is 10.1 Å². The van der Waals surface area contributed by atoms with Crippen LogP contribution >= 0.6 is 46.4 Å². The van der Waals surface area contributed by atoms with Gasteiger partial charge in [0.15, 0.2) is 5.15 Å². The molecule has 130 valence electrons. The van der Waals surface area contributed by atoms with E-state index in [1.54, 1.807) is 6.92 Å². The van der Waals surface area contributed by atoms with Crippen molar-refractivity contribution in [2.45, 2.75) is 19.4 Å². The molecule has 1 N–H and O–H groups in total. The van der Waals surface area contributed by atoms with Gasteiger partial charge < -0.3 is 10.1 Å². The Morgan fingerprint density at radius 1 is 1.17 bits per heavy atom. The Morgan fingerprint density at radius 3 is 2.54 bits per heavy atom. The molecule has 0 radical (unpaired) electrons. The van der Waals surface area contributed by atoms with Crippen molar-refractivity contribution in [3.63, 3.8) is 0 Å². The van der Waals surface area contributed by atoms with Crippen LogP contribution in [0.3, 0.4) is 0 Å². The van der Waals surface area contributed by atoms with Crippen molar-refractivity contribution in [1.29, 1.82) is 0 Å². The number of hydrogen-bond donors (Lipinski definition) is 1. The molecule has 0 saturated carbocycles. The number of halogens is 6. The molecule has 0 aliphatic carbocycles. The second kappa shape index (κ2) is 8.29. The molecule has 0 aliphatic heterocycles. The number of hydrogen-bond acceptors (Lipinski definition) is 5. The lowest BCUT2D eigenvalue weighted by Gasteiger charge is -2.17. The van der Waals surface area contributed by atoms with E-state index < -0.39 is 12.1 Å². The lowest BCUT2D eigenvalue weighted by atomic mass is 10.3. The van der Waals surface area contributed by atoms with Crippen LogP contribution in [0, 0.1) is 0 Å². The number of anilines is 1. The third-order valence-electron chi connectivity index (χ3n) is 2.73. The lowest BCUT2D eigenvalue weighted by molar-refractivity contribution is 0.146. The summed E-state index contributed by atoms with van der Waals surface area (Å²) < 4.78 is 31.0. The first kappa shape index (κ1) is 19.2. The Kier molecular flexibility index (Phi) is 6.62. The molecule has 0 fully saturated rings. The fourth-order valence-corrected chi connectivity index (χ4v) is 2.42. The van der Waals surface area contributed by atoms with Crippen molar-refractivity contribution in [3.05, 3.63) is 38.3 Å². The van der Waals surface area contributed by atoms with Gasteiger partial charge >= 0.3 is 0 Å². The van der Waals surface area contributed by atoms with Crippen molar-refractivity contribution in [1.82, 2.24) is 15.0 Å². The maximum Gasteiger partial charge on any atom is 0.282 e. The molecule has 0 spiro atoms. The van der Waals surface area contributed by atoms with Crippen molar-refractivity contribution >= 4 is 52.2 Å².